The minimum Gasteiger partial charge on any atom is -0.406 e. The van der Waals surface area contributed by atoms with Crippen molar-refractivity contribution in [2.24, 2.45) is 5.73 Å². The van der Waals surface area contributed by atoms with Crippen LogP contribution in [0.25, 0.3) is 0 Å². The number of hydrogen-bond donors (Lipinski definition) is 2. The van der Waals surface area contributed by atoms with Gasteiger partial charge < -0.3 is 15.8 Å². The molecule has 1 rings (SSSR count). The van der Waals surface area contributed by atoms with E-state index in [2.05, 4.69) is 10.1 Å². The monoisotopic (exact) mass is 276 g/mol. The third kappa shape index (κ3) is 6.10. The molecule has 0 spiro atoms. The number of ether oxygens (including phenoxy) is 1. The standard InChI is InChI=1S/C12H15F3N2O2/c1-8(16)6-7-17-11(18)9-2-4-10(5-3-9)19-12(13,14)15/h2-5,8H,6-7,16H2,1H3,(H,17,18). The summed E-state index contributed by atoms with van der Waals surface area (Å²) >= 11 is 0. The van der Waals surface area contributed by atoms with Crippen LogP contribution in [-0.4, -0.2) is 24.9 Å². The molecule has 0 saturated heterocycles. The Hall–Kier alpha value is -1.76. The molecule has 1 atom stereocenters. The Balaban J connectivity index is 2.53. The van der Waals surface area contributed by atoms with Crippen LogP contribution >= 0.6 is 0 Å². The molecule has 0 saturated carbocycles. The van der Waals surface area contributed by atoms with Crippen LogP contribution in [0.2, 0.25) is 0 Å². The smallest absolute Gasteiger partial charge is 0.406 e. The van der Waals surface area contributed by atoms with Gasteiger partial charge in [0.2, 0.25) is 0 Å². The fraction of sp³-hybridized carbons (Fsp3) is 0.417. The molecule has 0 radical (unpaired) electrons. The van der Waals surface area contributed by atoms with Gasteiger partial charge in [0, 0.05) is 18.2 Å². The summed E-state index contributed by atoms with van der Waals surface area (Å²) in [5.41, 5.74) is 5.78. The van der Waals surface area contributed by atoms with Crippen molar-refractivity contribution < 1.29 is 22.7 Å². The summed E-state index contributed by atoms with van der Waals surface area (Å²) in [6.07, 6.45) is -4.11. The van der Waals surface area contributed by atoms with Crippen molar-refractivity contribution in [1.82, 2.24) is 5.32 Å². The molecule has 0 aliphatic heterocycles. The Kier molecular flexibility index (Phi) is 5.17. The highest BCUT2D eigenvalue weighted by molar-refractivity contribution is 5.94. The second-order valence-corrected chi connectivity index (χ2v) is 4.09. The van der Waals surface area contributed by atoms with Crippen LogP contribution in [0.1, 0.15) is 23.7 Å². The molecule has 7 heteroatoms. The van der Waals surface area contributed by atoms with E-state index >= 15 is 0 Å². The van der Waals surface area contributed by atoms with Gasteiger partial charge in [-0.2, -0.15) is 0 Å². The molecule has 0 aliphatic rings. The normalized spacial score (nSPS) is 12.9. The summed E-state index contributed by atoms with van der Waals surface area (Å²) in [5, 5.41) is 2.62. The van der Waals surface area contributed by atoms with E-state index in [1.165, 1.54) is 12.1 Å². The van der Waals surface area contributed by atoms with Crippen LogP contribution in [0.3, 0.4) is 0 Å². The Morgan fingerprint density at radius 2 is 1.95 bits per heavy atom. The molecular formula is C12H15F3N2O2. The lowest BCUT2D eigenvalue weighted by molar-refractivity contribution is -0.274. The van der Waals surface area contributed by atoms with E-state index in [0.29, 0.717) is 13.0 Å². The first kappa shape index (κ1) is 15.3. The van der Waals surface area contributed by atoms with Crippen LogP contribution in [0.5, 0.6) is 5.75 Å². The zero-order chi connectivity index (χ0) is 14.5. The minimum atomic E-state index is -4.74. The van der Waals surface area contributed by atoms with E-state index in [1.807, 2.05) is 6.92 Å². The zero-order valence-electron chi connectivity index (χ0n) is 10.3. The van der Waals surface area contributed by atoms with Gasteiger partial charge in [0.15, 0.2) is 0 Å². The molecule has 4 nitrogen and oxygen atoms in total. The molecule has 0 heterocycles. The fourth-order valence-electron chi connectivity index (χ4n) is 1.32. The second kappa shape index (κ2) is 6.42. The van der Waals surface area contributed by atoms with Crippen molar-refractivity contribution in [2.75, 3.05) is 6.54 Å². The van der Waals surface area contributed by atoms with Crippen molar-refractivity contribution >= 4 is 5.91 Å². The van der Waals surface area contributed by atoms with Crippen molar-refractivity contribution in [3.8, 4) is 5.75 Å². The highest BCUT2D eigenvalue weighted by Crippen LogP contribution is 2.22. The second-order valence-electron chi connectivity index (χ2n) is 4.09. The van der Waals surface area contributed by atoms with Gasteiger partial charge in [-0.15, -0.1) is 13.2 Å². The molecule has 1 aromatic carbocycles. The molecular weight excluding hydrogens is 261 g/mol. The first-order chi connectivity index (χ1) is 8.78. The van der Waals surface area contributed by atoms with Gasteiger partial charge in [-0.3, -0.25) is 4.79 Å². The number of benzene rings is 1. The maximum atomic E-state index is 11.9. The van der Waals surface area contributed by atoms with Crippen molar-refractivity contribution in [3.63, 3.8) is 0 Å². The minimum absolute atomic E-state index is 0.0251. The van der Waals surface area contributed by atoms with Gasteiger partial charge in [0.05, 0.1) is 0 Å². The summed E-state index contributed by atoms with van der Waals surface area (Å²) in [7, 11) is 0. The third-order valence-corrected chi connectivity index (χ3v) is 2.24. The molecule has 0 aliphatic carbocycles. The summed E-state index contributed by atoms with van der Waals surface area (Å²) in [5.74, 6) is -0.723. The van der Waals surface area contributed by atoms with Gasteiger partial charge in [-0.25, -0.2) is 0 Å². The number of carbonyl (C=O) groups excluding carboxylic acids is 1. The lowest BCUT2D eigenvalue weighted by atomic mass is 10.2. The van der Waals surface area contributed by atoms with E-state index in [4.69, 9.17) is 5.73 Å². The quantitative estimate of drug-likeness (QED) is 0.865. The van der Waals surface area contributed by atoms with Gasteiger partial charge in [0.25, 0.3) is 5.91 Å². The molecule has 19 heavy (non-hydrogen) atoms. The number of carbonyl (C=O) groups is 1. The Morgan fingerprint density at radius 3 is 2.42 bits per heavy atom. The Morgan fingerprint density at radius 1 is 1.37 bits per heavy atom. The number of rotatable bonds is 5. The third-order valence-electron chi connectivity index (χ3n) is 2.24. The number of alkyl halides is 3. The summed E-state index contributed by atoms with van der Waals surface area (Å²) in [6, 6.07) is 4.69. The molecule has 3 N–H and O–H groups in total. The molecule has 106 valence electrons. The van der Waals surface area contributed by atoms with E-state index < -0.39 is 6.36 Å². The van der Waals surface area contributed by atoms with E-state index in [-0.39, 0.29) is 23.3 Å². The van der Waals surface area contributed by atoms with Gasteiger partial charge >= 0.3 is 6.36 Å². The van der Waals surface area contributed by atoms with Gasteiger partial charge in [-0.1, -0.05) is 0 Å². The Labute approximate surface area is 108 Å². The van der Waals surface area contributed by atoms with Crippen molar-refractivity contribution in [1.29, 1.82) is 0 Å². The molecule has 0 aromatic heterocycles. The number of halogens is 3. The molecule has 1 amide bonds. The number of hydrogen-bond acceptors (Lipinski definition) is 3. The van der Waals surface area contributed by atoms with Gasteiger partial charge in [-0.05, 0) is 37.6 Å². The largest absolute Gasteiger partial charge is 0.573 e. The number of amides is 1. The van der Waals surface area contributed by atoms with E-state index in [0.717, 1.165) is 12.1 Å². The molecule has 1 aromatic rings. The van der Waals surface area contributed by atoms with Crippen LogP contribution in [0.4, 0.5) is 13.2 Å². The lowest BCUT2D eigenvalue weighted by Gasteiger charge is -2.10. The topological polar surface area (TPSA) is 64.3 Å². The highest BCUT2D eigenvalue weighted by Gasteiger charge is 2.31. The highest BCUT2D eigenvalue weighted by atomic mass is 19.4. The first-order valence-corrected chi connectivity index (χ1v) is 5.67. The van der Waals surface area contributed by atoms with Crippen LogP contribution in [0.15, 0.2) is 24.3 Å². The van der Waals surface area contributed by atoms with Crippen LogP contribution in [0, 0.1) is 0 Å². The van der Waals surface area contributed by atoms with Crippen LogP contribution < -0.4 is 15.8 Å². The maximum Gasteiger partial charge on any atom is 0.573 e. The molecule has 0 bridgehead atoms. The van der Waals surface area contributed by atoms with Crippen molar-refractivity contribution in [2.45, 2.75) is 25.7 Å². The van der Waals surface area contributed by atoms with Crippen LogP contribution in [-0.2, 0) is 0 Å². The Bertz CT molecular complexity index is 416. The van der Waals surface area contributed by atoms with Gasteiger partial charge in [0.1, 0.15) is 5.75 Å². The molecule has 1 unspecified atom stereocenters. The number of nitrogens with two attached hydrogens (primary N) is 1. The predicted octanol–water partition coefficient (Wildman–Crippen LogP) is 2.05. The average Bonchev–Trinajstić information content (AvgIpc) is 2.27. The van der Waals surface area contributed by atoms with E-state index in [1.54, 1.807) is 0 Å². The fourth-order valence-corrected chi connectivity index (χ4v) is 1.32. The predicted molar refractivity (Wildman–Crippen MR) is 63.7 cm³/mol. The lowest BCUT2D eigenvalue weighted by Crippen LogP contribution is -2.28. The van der Waals surface area contributed by atoms with E-state index in [9.17, 15) is 18.0 Å². The number of nitrogens with one attached hydrogen (secondary N) is 1. The SMILES string of the molecule is CC(N)CCNC(=O)c1ccc(OC(F)(F)F)cc1. The maximum absolute atomic E-state index is 11.9. The summed E-state index contributed by atoms with van der Waals surface area (Å²) in [4.78, 5) is 11.6. The zero-order valence-corrected chi connectivity index (χ0v) is 10.3. The summed E-state index contributed by atoms with van der Waals surface area (Å²) in [6.45, 7) is 2.23. The molecule has 0 fully saturated rings. The average molecular weight is 276 g/mol. The van der Waals surface area contributed by atoms with Crippen molar-refractivity contribution in [3.05, 3.63) is 29.8 Å². The summed E-state index contributed by atoms with van der Waals surface area (Å²) < 4.78 is 39.5. The first-order valence-electron chi connectivity index (χ1n) is 5.67.